The lowest BCUT2D eigenvalue weighted by Gasteiger charge is -2.04. The molecular formula is C19H17N5O2. The number of anilines is 1. The summed E-state index contributed by atoms with van der Waals surface area (Å²) in [5, 5.41) is 6.42. The zero-order valence-corrected chi connectivity index (χ0v) is 13.9. The van der Waals surface area contributed by atoms with Crippen molar-refractivity contribution >= 4 is 39.7 Å². The number of imidazole rings is 1. The van der Waals surface area contributed by atoms with Crippen LogP contribution in [-0.2, 0) is 4.79 Å². The molecule has 7 heteroatoms. The standard InChI is InChI=1S/C19H17N5O2/c25-17(24-19-22-14-7-3-4-8-15(14)23-19)9-10-20-18(26)16-11-12-5-1-2-6-13(12)21-16/h1-8,11,21H,9-10H2,(H,20,26)(H2,22,23,24,25). The predicted molar refractivity (Wildman–Crippen MR) is 100.0 cm³/mol. The van der Waals surface area contributed by atoms with Gasteiger partial charge in [-0.2, -0.15) is 0 Å². The highest BCUT2D eigenvalue weighted by Crippen LogP contribution is 2.15. The maximum absolute atomic E-state index is 12.2. The van der Waals surface area contributed by atoms with E-state index in [0.717, 1.165) is 21.9 Å². The molecule has 0 fully saturated rings. The van der Waals surface area contributed by atoms with Gasteiger partial charge in [0.25, 0.3) is 5.91 Å². The van der Waals surface area contributed by atoms with E-state index in [-0.39, 0.29) is 24.8 Å². The minimum atomic E-state index is -0.238. The number of nitrogens with zero attached hydrogens (tertiary/aromatic N) is 1. The van der Waals surface area contributed by atoms with Crippen molar-refractivity contribution in [3.63, 3.8) is 0 Å². The first-order chi connectivity index (χ1) is 12.7. The van der Waals surface area contributed by atoms with Gasteiger partial charge in [0, 0.05) is 23.9 Å². The summed E-state index contributed by atoms with van der Waals surface area (Å²) in [6, 6.07) is 17.0. The smallest absolute Gasteiger partial charge is 0.267 e. The Morgan fingerprint density at radius 1 is 0.962 bits per heavy atom. The van der Waals surface area contributed by atoms with E-state index in [1.165, 1.54) is 0 Å². The second kappa shape index (κ2) is 6.72. The van der Waals surface area contributed by atoms with Crippen LogP contribution in [0.15, 0.2) is 54.6 Å². The molecule has 2 amide bonds. The number of H-pyrrole nitrogens is 2. The van der Waals surface area contributed by atoms with Gasteiger partial charge >= 0.3 is 0 Å². The highest BCUT2D eigenvalue weighted by Gasteiger charge is 2.11. The highest BCUT2D eigenvalue weighted by molar-refractivity contribution is 5.98. The summed E-state index contributed by atoms with van der Waals surface area (Å²) in [6.07, 6.45) is 0.156. The fraction of sp³-hybridized carbons (Fsp3) is 0.105. The van der Waals surface area contributed by atoms with Gasteiger partial charge in [0.2, 0.25) is 11.9 Å². The monoisotopic (exact) mass is 347 g/mol. The second-order valence-electron chi connectivity index (χ2n) is 5.93. The summed E-state index contributed by atoms with van der Waals surface area (Å²) in [7, 11) is 0. The van der Waals surface area contributed by atoms with E-state index in [4.69, 9.17) is 0 Å². The van der Waals surface area contributed by atoms with Gasteiger partial charge in [-0.05, 0) is 24.3 Å². The molecule has 0 bridgehead atoms. The Hall–Kier alpha value is -3.61. The summed E-state index contributed by atoms with van der Waals surface area (Å²) >= 11 is 0. The third kappa shape index (κ3) is 3.27. The van der Waals surface area contributed by atoms with Crippen molar-refractivity contribution in [3.8, 4) is 0 Å². The first kappa shape index (κ1) is 15.9. The number of aromatic amines is 2. The minimum absolute atomic E-state index is 0.156. The molecule has 0 radical (unpaired) electrons. The quantitative estimate of drug-likeness (QED) is 0.446. The van der Waals surface area contributed by atoms with Crippen LogP contribution in [0.1, 0.15) is 16.9 Å². The van der Waals surface area contributed by atoms with E-state index < -0.39 is 0 Å². The molecule has 4 N–H and O–H groups in total. The lowest BCUT2D eigenvalue weighted by Crippen LogP contribution is -2.28. The predicted octanol–water partition coefficient (Wildman–Crippen LogP) is 2.80. The molecule has 4 rings (SSSR count). The summed E-state index contributed by atoms with van der Waals surface area (Å²) in [5.74, 6) is -0.0584. The number of fused-ring (bicyclic) bond motifs is 2. The van der Waals surface area contributed by atoms with Gasteiger partial charge in [-0.15, -0.1) is 0 Å². The Morgan fingerprint density at radius 3 is 2.54 bits per heavy atom. The summed E-state index contributed by atoms with van der Waals surface area (Å²) in [5.41, 5.74) is 3.02. The first-order valence-corrected chi connectivity index (χ1v) is 8.29. The molecule has 0 atom stereocenters. The summed E-state index contributed by atoms with van der Waals surface area (Å²) in [4.78, 5) is 34.6. The normalized spacial score (nSPS) is 10.9. The van der Waals surface area contributed by atoms with Crippen molar-refractivity contribution in [1.29, 1.82) is 0 Å². The van der Waals surface area contributed by atoms with Crippen LogP contribution in [0, 0.1) is 0 Å². The fourth-order valence-corrected chi connectivity index (χ4v) is 2.79. The molecule has 26 heavy (non-hydrogen) atoms. The van der Waals surface area contributed by atoms with E-state index in [1.54, 1.807) is 6.07 Å². The Balaban J connectivity index is 1.30. The van der Waals surface area contributed by atoms with Crippen molar-refractivity contribution in [2.75, 3.05) is 11.9 Å². The average Bonchev–Trinajstić information content (AvgIpc) is 3.24. The molecule has 0 spiro atoms. The van der Waals surface area contributed by atoms with Crippen LogP contribution < -0.4 is 10.6 Å². The van der Waals surface area contributed by atoms with Crippen molar-refractivity contribution < 1.29 is 9.59 Å². The lowest BCUT2D eigenvalue weighted by molar-refractivity contribution is -0.116. The number of nitrogens with one attached hydrogen (secondary N) is 4. The number of carbonyl (C=O) groups is 2. The molecule has 0 saturated heterocycles. The first-order valence-electron chi connectivity index (χ1n) is 8.29. The molecule has 2 aromatic heterocycles. The molecule has 2 heterocycles. The largest absolute Gasteiger partial charge is 0.351 e. The molecule has 4 aromatic rings. The number of rotatable bonds is 5. The van der Waals surface area contributed by atoms with E-state index in [9.17, 15) is 9.59 Å². The van der Waals surface area contributed by atoms with Crippen LogP contribution >= 0.6 is 0 Å². The second-order valence-corrected chi connectivity index (χ2v) is 5.93. The van der Waals surface area contributed by atoms with Crippen LogP contribution in [-0.4, -0.2) is 33.3 Å². The minimum Gasteiger partial charge on any atom is -0.351 e. The van der Waals surface area contributed by atoms with E-state index in [1.807, 2.05) is 48.5 Å². The molecule has 0 unspecified atom stereocenters. The van der Waals surface area contributed by atoms with E-state index in [2.05, 4.69) is 25.6 Å². The van der Waals surface area contributed by atoms with Gasteiger partial charge < -0.3 is 15.3 Å². The van der Waals surface area contributed by atoms with Gasteiger partial charge in [0.05, 0.1) is 11.0 Å². The number of carbonyl (C=O) groups excluding carboxylic acids is 2. The third-order valence-electron chi connectivity index (χ3n) is 4.06. The number of aromatic nitrogens is 3. The molecule has 130 valence electrons. The molecule has 0 saturated carbocycles. The Labute approximate surface area is 148 Å². The average molecular weight is 347 g/mol. The topological polar surface area (TPSA) is 103 Å². The van der Waals surface area contributed by atoms with Crippen LogP contribution in [0.5, 0.6) is 0 Å². The van der Waals surface area contributed by atoms with Gasteiger partial charge in [0.15, 0.2) is 0 Å². The van der Waals surface area contributed by atoms with Crippen molar-refractivity contribution in [2.24, 2.45) is 0 Å². The zero-order chi connectivity index (χ0) is 17.9. The van der Waals surface area contributed by atoms with Gasteiger partial charge in [-0.1, -0.05) is 30.3 Å². The molecule has 7 nitrogen and oxygen atoms in total. The number of para-hydroxylation sites is 3. The van der Waals surface area contributed by atoms with Crippen LogP contribution in [0.25, 0.3) is 21.9 Å². The molecule has 0 aliphatic carbocycles. The van der Waals surface area contributed by atoms with E-state index in [0.29, 0.717) is 11.6 Å². The zero-order valence-electron chi connectivity index (χ0n) is 13.9. The highest BCUT2D eigenvalue weighted by atomic mass is 16.2. The van der Waals surface area contributed by atoms with Crippen molar-refractivity contribution in [2.45, 2.75) is 6.42 Å². The van der Waals surface area contributed by atoms with Gasteiger partial charge in [-0.25, -0.2) is 4.98 Å². The maximum atomic E-state index is 12.2. The van der Waals surface area contributed by atoms with Crippen LogP contribution in [0.3, 0.4) is 0 Å². The van der Waals surface area contributed by atoms with E-state index >= 15 is 0 Å². The Kier molecular flexibility index (Phi) is 4.10. The van der Waals surface area contributed by atoms with Gasteiger partial charge in [0.1, 0.15) is 5.69 Å². The van der Waals surface area contributed by atoms with Crippen molar-refractivity contribution in [3.05, 3.63) is 60.3 Å². The third-order valence-corrected chi connectivity index (χ3v) is 4.06. The number of amides is 2. The SMILES string of the molecule is O=C(CCNC(=O)c1cc2ccccc2[nH]1)Nc1nc2ccccc2[nH]1. The maximum Gasteiger partial charge on any atom is 0.267 e. The number of benzene rings is 2. The van der Waals surface area contributed by atoms with Crippen molar-refractivity contribution in [1.82, 2.24) is 20.3 Å². The van der Waals surface area contributed by atoms with Gasteiger partial charge in [-0.3, -0.25) is 14.9 Å². The molecule has 0 aliphatic rings. The Morgan fingerprint density at radius 2 is 1.73 bits per heavy atom. The van der Waals surface area contributed by atoms with Crippen LogP contribution in [0.4, 0.5) is 5.95 Å². The lowest BCUT2D eigenvalue weighted by atomic mass is 10.2. The number of hydrogen-bond acceptors (Lipinski definition) is 3. The van der Waals surface area contributed by atoms with Crippen LogP contribution in [0.2, 0.25) is 0 Å². The number of hydrogen-bond donors (Lipinski definition) is 4. The molecule has 0 aliphatic heterocycles. The summed E-state index contributed by atoms with van der Waals surface area (Å²) < 4.78 is 0. The fourth-order valence-electron chi connectivity index (χ4n) is 2.79. The molecular weight excluding hydrogens is 330 g/mol. The summed E-state index contributed by atoms with van der Waals surface area (Å²) in [6.45, 7) is 0.236. The molecule has 2 aromatic carbocycles. The Bertz CT molecular complexity index is 1030.